The molecule has 1 aromatic carbocycles. The highest BCUT2D eigenvalue weighted by Crippen LogP contribution is 2.34. The third kappa shape index (κ3) is 3.90. The van der Waals surface area contributed by atoms with Gasteiger partial charge in [0.2, 0.25) is 0 Å². The van der Waals surface area contributed by atoms with E-state index in [0.29, 0.717) is 0 Å². The molecule has 1 fully saturated rings. The van der Waals surface area contributed by atoms with Crippen molar-refractivity contribution in [3.8, 4) is 0 Å². The molecule has 1 saturated heterocycles. The van der Waals surface area contributed by atoms with Gasteiger partial charge in [0, 0.05) is 48.2 Å². The standard InChI is InChI=1S/C27H30N4/c1-19-8-7-9-22(12-19)18-31-20(2)13-23(14-21(31)3)26-17-29-27-25(26)15-24(16-28-27)30-10-5-4-6-11-30/h7-9,12-17H,2,4-6,10-11,18H2,1,3H3,(H,28,29). The number of pyridine rings is 1. The number of aryl methyl sites for hydroxylation is 1. The van der Waals surface area contributed by atoms with E-state index in [1.165, 1.54) is 58.3 Å². The van der Waals surface area contributed by atoms with Crippen molar-refractivity contribution < 1.29 is 0 Å². The first kappa shape index (κ1) is 19.7. The van der Waals surface area contributed by atoms with Crippen LogP contribution in [-0.2, 0) is 6.54 Å². The maximum absolute atomic E-state index is 4.71. The quantitative estimate of drug-likeness (QED) is 0.558. The van der Waals surface area contributed by atoms with Gasteiger partial charge in [0.15, 0.2) is 0 Å². The Labute approximate surface area is 184 Å². The zero-order chi connectivity index (χ0) is 21.4. The molecule has 3 aromatic rings. The monoisotopic (exact) mass is 410 g/mol. The largest absolute Gasteiger partial charge is 0.370 e. The van der Waals surface area contributed by atoms with Crippen LogP contribution < -0.4 is 4.90 Å². The van der Waals surface area contributed by atoms with Crippen LogP contribution in [0.15, 0.2) is 72.9 Å². The third-order valence-corrected chi connectivity index (χ3v) is 6.43. The van der Waals surface area contributed by atoms with E-state index in [-0.39, 0.29) is 0 Å². The second kappa shape index (κ2) is 8.10. The number of fused-ring (bicyclic) bond motifs is 1. The van der Waals surface area contributed by atoms with Gasteiger partial charge in [0.1, 0.15) is 5.65 Å². The van der Waals surface area contributed by atoms with Gasteiger partial charge in [0.25, 0.3) is 0 Å². The van der Waals surface area contributed by atoms with Crippen LogP contribution in [0.1, 0.15) is 42.9 Å². The van der Waals surface area contributed by atoms with Crippen LogP contribution in [0.25, 0.3) is 16.6 Å². The third-order valence-electron chi connectivity index (χ3n) is 6.43. The van der Waals surface area contributed by atoms with E-state index in [9.17, 15) is 0 Å². The van der Waals surface area contributed by atoms with Gasteiger partial charge in [-0.3, -0.25) is 0 Å². The summed E-state index contributed by atoms with van der Waals surface area (Å²) in [5.74, 6) is 0. The summed E-state index contributed by atoms with van der Waals surface area (Å²) in [6.07, 6.45) is 12.4. The van der Waals surface area contributed by atoms with Crippen LogP contribution in [0.3, 0.4) is 0 Å². The van der Waals surface area contributed by atoms with Gasteiger partial charge in [-0.15, -0.1) is 0 Å². The van der Waals surface area contributed by atoms with E-state index >= 15 is 0 Å². The van der Waals surface area contributed by atoms with Gasteiger partial charge in [-0.1, -0.05) is 36.4 Å². The molecule has 2 aromatic heterocycles. The lowest BCUT2D eigenvalue weighted by molar-refractivity contribution is 0.433. The van der Waals surface area contributed by atoms with E-state index in [1.54, 1.807) is 0 Å². The van der Waals surface area contributed by atoms with Gasteiger partial charge < -0.3 is 14.8 Å². The maximum atomic E-state index is 4.71. The summed E-state index contributed by atoms with van der Waals surface area (Å²) in [7, 11) is 0. The van der Waals surface area contributed by atoms with Crippen molar-refractivity contribution in [1.82, 2.24) is 14.9 Å². The Morgan fingerprint density at radius 2 is 1.90 bits per heavy atom. The van der Waals surface area contributed by atoms with Gasteiger partial charge in [0.05, 0.1) is 11.9 Å². The van der Waals surface area contributed by atoms with Gasteiger partial charge in [-0.25, -0.2) is 4.98 Å². The second-order valence-electron chi connectivity index (χ2n) is 8.79. The van der Waals surface area contributed by atoms with Crippen molar-refractivity contribution in [2.45, 2.75) is 39.7 Å². The van der Waals surface area contributed by atoms with Crippen LogP contribution in [0.4, 0.5) is 5.69 Å². The van der Waals surface area contributed by atoms with Crippen molar-refractivity contribution in [1.29, 1.82) is 0 Å². The fraction of sp³-hybridized carbons (Fsp3) is 0.296. The molecule has 158 valence electrons. The number of hydrogen-bond acceptors (Lipinski definition) is 3. The highest BCUT2D eigenvalue weighted by molar-refractivity contribution is 5.96. The molecular formula is C27H30N4. The minimum Gasteiger partial charge on any atom is -0.370 e. The van der Waals surface area contributed by atoms with Crippen molar-refractivity contribution in [2.24, 2.45) is 0 Å². The molecular weight excluding hydrogens is 380 g/mol. The summed E-state index contributed by atoms with van der Waals surface area (Å²) in [6.45, 7) is 11.8. The Bertz CT molecular complexity index is 1190. The number of aromatic nitrogens is 2. The number of benzene rings is 1. The lowest BCUT2D eigenvalue weighted by Crippen LogP contribution is -2.29. The molecule has 0 bridgehead atoms. The molecule has 1 N–H and O–H groups in total. The van der Waals surface area contributed by atoms with E-state index in [2.05, 4.69) is 83.9 Å². The molecule has 0 unspecified atom stereocenters. The Hall–Kier alpha value is -3.27. The smallest absolute Gasteiger partial charge is 0.138 e. The van der Waals surface area contributed by atoms with E-state index in [1.807, 2.05) is 6.20 Å². The van der Waals surface area contributed by atoms with Crippen LogP contribution in [0.2, 0.25) is 0 Å². The molecule has 0 radical (unpaired) electrons. The number of anilines is 1. The molecule has 0 amide bonds. The average Bonchev–Trinajstić information content (AvgIpc) is 3.20. The molecule has 0 saturated carbocycles. The minimum absolute atomic E-state index is 0.834. The number of piperidine rings is 1. The Morgan fingerprint density at radius 1 is 1.06 bits per heavy atom. The Kier molecular flexibility index (Phi) is 5.14. The fourth-order valence-corrected chi connectivity index (χ4v) is 4.76. The van der Waals surface area contributed by atoms with E-state index < -0.39 is 0 Å². The molecule has 4 heterocycles. The summed E-state index contributed by atoms with van der Waals surface area (Å²) in [4.78, 5) is 12.8. The fourth-order valence-electron chi connectivity index (χ4n) is 4.76. The lowest BCUT2D eigenvalue weighted by Gasteiger charge is -2.30. The second-order valence-corrected chi connectivity index (χ2v) is 8.79. The van der Waals surface area contributed by atoms with Gasteiger partial charge >= 0.3 is 0 Å². The van der Waals surface area contributed by atoms with Crippen molar-refractivity contribution >= 4 is 22.3 Å². The Balaban J connectivity index is 1.44. The van der Waals surface area contributed by atoms with Gasteiger partial charge in [-0.05, 0) is 62.5 Å². The van der Waals surface area contributed by atoms with Crippen molar-refractivity contribution in [3.63, 3.8) is 0 Å². The first-order valence-electron chi connectivity index (χ1n) is 11.2. The molecule has 2 aliphatic rings. The highest BCUT2D eigenvalue weighted by Gasteiger charge is 2.19. The number of nitrogens with zero attached hydrogens (tertiary/aromatic N) is 3. The number of aromatic amines is 1. The summed E-state index contributed by atoms with van der Waals surface area (Å²) in [6, 6.07) is 11.0. The summed E-state index contributed by atoms with van der Waals surface area (Å²) >= 11 is 0. The molecule has 2 aliphatic heterocycles. The van der Waals surface area contributed by atoms with E-state index in [4.69, 9.17) is 4.98 Å². The van der Waals surface area contributed by atoms with Gasteiger partial charge in [-0.2, -0.15) is 0 Å². The molecule has 5 rings (SSSR count). The predicted octanol–water partition coefficient (Wildman–Crippen LogP) is 6.18. The topological polar surface area (TPSA) is 35.2 Å². The summed E-state index contributed by atoms with van der Waals surface area (Å²) in [5.41, 5.74) is 9.36. The number of nitrogens with one attached hydrogen (secondary N) is 1. The zero-order valence-corrected chi connectivity index (χ0v) is 18.5. The number of hydrogen-bond donors (Lipinski definition) is 1. The number of rotatable bonds is 4. The predicted molar refractivity (Wildman–Crippen MR) is 130 cm³/mol. The Morgan fingerprint density at radius 3 is 2.68 bits per heavy atom. The molecule has 0 atom stereocenters. The molecule has 4 nitrogen and oxygen atoms in total. The highest BCUT2D eigenvalue weighted by atomic mass is 15.1. The van der Waals surface area contributed by atoms with Crippen molar-refractivity contribution in [3.05, 3.63) is 89.5 Å². The summed E-state index contributed by atoms with van der Waals surface area (Å²) < 4.78 is 0. The average molecular weight is 411 g/mol. The maximum Gasteiger partial charge on any atom is 0.138 e. The SMILES string of the molecule is C=C1C=C(c2c[nH]c3ncc(N4CCCCC4)cc23)C=C(C)N1Cc1cccc(C)c1. The van der Waals surface area contributed by atoms with Crippen LogP contribution in [-0.4, -0.2) is 28.0 Å². The first-order valence-corrected chi connectivity index (χ1v) is 11.2. The first-order chi connectivity index (χ1) is 15.1. The van der Waals surface area contributed by atoms with E-state index in [0.717, 1.165) is 31.0 Å². The van der Waals surface area contributed by atoms with Crippen LogP contribution in [0.5, 0.6) is 0 Å². The summed E-state index contributed by atoms with van der Waals surface area (Å²) in [5, 5.41) is 1.18. The zero-order valence-electron chi connectivity index (χ0n) is 18.5. The number of H-pyrrole nitrogens is 1. The lowest BCUT2D eigenvalue weighted by atomic mass is 9.99. The normalized spacial score (nSPS) is 17.2. The molecule has 31 heavy (non-hydrogen) atoms. The molecule has 4 heteroatoms. The molecule has 0 aliphatic carbocycles. The van der Waals surface area contributed by atoms with Crippen molar-refractivity contribution in [2.75, 3.05) is 18.0 Å². The number of allylic oxidation sites excluding steroid dienone is 4. The van der Waals surface area contributed by atoms with Crippen LogP contribution in [0, 0.1) is 6.92 Å². The van der Waals surface area contributed by atoms with Crippen LogP contribution >= 0.6 is 0 Å². The molecule has 0 spiro atoms. The minimum atomic E-state index is 0.834.